The van der Waals surface area contributed by atoms with Gasteiger partial charge in [0, 0.05) is 22.9 Å². The van der Waals surface area contributed by atoms with Crippen LogP contribution in [0.15, 0.2) is 48.2 Å². The number of carbonyl (C=O) groups excluding carboxylic acids is 2. The highest BCUT2D eigenvalue weighted by molar-refractivity contribution is 6.75. The average molecular weight is 856 g/mol. The minimum Gasteiger partial charge on any atom is -0.469 e. The van der Waals surface area contributed by atoms with Crippen molar-refractivity contribution in [3.63, 3.8) is 0 Å². The second-order valence-electron chi connectivity index (χ2n) is 22.3. The zero-order valence-electron chi connectivity index (χ0n) is 40.9. The van der Waals surface area contributed by atoms with Crippen LogP contribution in [-0.4, -0.2) is 61.0 Å². The molecule has 330 valence electrons. The van der Waals surface area contributed by atoms with Gasteiger partial charge in [0.1, 0.15) is 5.78 Å². The Morgan fingerprint density at radius 2 is 1.31 bits per heavy atom. The van der Waals surface area contributed by atoms with Gasteiger partial charge in [0.2, 0.25) is 0 Å². The number of nitrogens with zero attached hydrogens (tertiary/aromatic N) is 1. The number of pyridine rings is 1. The number of fused-ring (bicyclic) bond motifs is 1. The summed E-state index contributed by atoms with van der Waals surface area (Å²) in [6.45, 7) is 44.1. The van der Waals surface area contributed by atoms with Gasteiger partial charge in [-0.05, 0) is 111 Å². The van der Waals surface area contributed by atoms with Gasteiger partial charge in [0.05, 0.1) is 37.4 Å². The standard InChI is InChI=1S/C48H85NO6Si3/c1-34(27-30-40(53-56(16,17)45(4,5)6)38-29-28-37-26-23-31-49-39(37)32-38)24-22-25-35(2)43(55-58(20,21)47(10,11)12)36(3)44(51)48(13,14)41(33-42(50)52-15)54-57(18,19)46(7,8)9/h23,26-29,31-32,35-36,40-41,43H,22,24-25,30,33H2,1-21H3/b34-27-/t35-,36+,40-,41-,43-/m0/s1. The van der Waals surface area contributed by atoms with Crippen LogP contribution >= 0.6 is 0 Å². The lowest BCUT2D eigenvalue weighted by Gasteiger charge is -2.46. The van der Waals surface area contributed by atoms with Gasteiger partial charge in [-0.1, -0.05) is 120 Å². The van der Waals surface area contributed by atoms with Crippen molar-refractivity contribution in [2.45, 2.75) is 202 Å². The Balaban J connectivity index is 2.38. The van der Waals surface area contributed by atoms with Crippen molar-refractivity contribution in [1.82, 2.24) is 4.98 Å². The number of rotatable bonds is 20. The Labute approximate surface area is 358 Å². The topological polar surface area (TPSA) is 84.0 Å². The number of allylic oxidation sites excluding steroid dienone is 1. The molecule has 0 spiro atoms. The molecule has 0 bridgehead atoms. The maximum absolute atomic E-state index is 14.9. The summed E-state index contributed by atoms with van der Waals surface area (Å²) >= 11 is 0. The molecule has 0 amide bonds. The second kappa shape index (κ2) is 19.8. The monoisotopic (exact) mass is 856 g/mol. The highest BCUT2D eigenvalue weighted by Crippen LogP contribution is 2.45. The van der Waals surface area contributed by atoms with E-state index in [0.717, 1.165) is 36.6 Å². The summed E-state index contributed by atoms with van der Waals surface area (Å²) in [5.74, 6) is -0.556. The number of ether oxygens (including phenoxy) is 1. The first-order valence-corrected chi connectivity index (χ1v) is 30.6. The van der Waals surface area contributed by atoms with Crippen molar-refractivity contribution in [3.05, 3.63) is 53.7 Å². The third-order valence-corrected chi connectivity index (χ3v) is 27.6. The lowest BCUT2D eigenvalue weighted by Crippen LogP contribution is -2.54. The van der Waals surface area contributed by atoms with E-state index < -0.39 is 42.4 Å². The fraction of sp³-hybridized carbons (Fsp3) is 0.729. The zero-order valence-corrected chi connectivity index (χ0v) is 43.9. The number of hydrogen-bond acceptors (Lipinski definition) is 7. The van der Waals surface area contributed by atoms with Crippen LogP contribution in [0, 0.1) is 17.3 Å². The number of ketones is 1. The van der Waals surface area contributed by atoms with Crippen LogP contribution in [0.4, 0.5) is 0 Å². The third kappa shape index (κ3) is 13.8. The molecular weight excluding hydrogens is 771 g/mol. The van der Waals surface area contributed by atoms with Crippen LogP contribution in [0.5, 0.6) is 0 Å². The maximum Gasteiger partial charge on any atom is 0.308 e. The van der Waals surface area contributed by atoms with Crippen LogP contribution in [-0.2, 0) is 27.6 Å². The lowest BCUT2D eigenvalue weighted by atomic mass is 9.73. The normalized spacial score (nSPS) is 16.8. The van der Waals surface area contributed by atoms with Crippen LogP contribution in [0.1, 0.15) is 141 Å². The lowest BCUT2D eigenvalue weighted by molar-refractivity contribution is -0.148. The molecule has 58 heavy (non-hydrogen) atoms. The molecule has 0 aliphatic heterocycles. The van der Waals surface area contributed by atoms with Crippen molar-refractivity contribution < 1.29 is 27.6 Å². The molecule has 0 saturated heterocycles. The highest BCUT2D eigenvalue weighted by atomic mass is 28.4. The largest absolute Gasteiger partial charge is 0.469 e. The van der Waals surface area contributed by atoms with E-state index in [-0.39, 0.29) is 51.4 Å². The van der Waals surface area contributed by atoms with Crippen LogP contribution in [0.2, 0.25) is 54.4 Å². The van der Waals surface area contributed by atoms with E-state index in [2.05, 4.69) is 151 Å². The highest BCUT2D eigenvalue weighted by Gasteiger charge is 2.50. The van der Waals surface area contributed by atoms with Crippen molar-refractivity contribution in [2.75, 3.05) is 7.11 Å². The van der Waals surface area contributed by atoms with Gasteiger partial charge in [-0.25, -0.2) is 0 Å². The van der Waals surface area contributed by atoms with E-state index in [1.165, 1.54) is 18.2 Å². The van der Waals surface area contributed by atoms with Gasteiger partial charge in [-0.15, -0.1) is 0 Å². The van der Waals surface area contributed by atoms with Gasteiger partial charge in [0.15, 0.2) is 25.0 Å². The van der Waals surface area contributed by atoms with Gasteiger partial charge in [-0.2, -0.15) is 0 Å². The molecule has 0 aliphatic carbocycles. The molecule has 0 radical (unpaired) electrons. The molecular formula is C48H85NO6Si3. The number of aromatic nitrogens is 1. The maximum atomic E-state index is 14.9. The summed E-state index contributed by atoms with van der Waals surface area (Å²) in [5, 5.41) is 1.11. The fourth-order valence-corrected chi connectivity index (χ4v) is 10.9. The minimum atomic E-state index is -2.34. The zero-order chi connectivity index (χ0) is 44.9. The molecule has 0 saturated carbocycles. The van der Waals surface area contributed by atoms with Crippen molar-refractivity contribution in [3.8, 4) is 0 Å². The number of carbonyl (C=O) groups is 2. The summed E-state index contributed by atoms with van der Waals surface area (Å²) in [4.78, 5) is 32.3. The van der Waals surface area contributed by atoms with Gasteiger partial charge in [-0.3, -0.25) is 14.6 Å². The predicted molar refractivity (Wildman–Crippen MR) is 253 cm³/mol. The van der Waals surface area contributed by atoms with Crippen molar-refractivity contribution >= 4 is 47.6 Å². The van der Waals surface area contributed by atoms with E-state index in [1.54, 1.807) is 0 Å². The molecule has 0 fully saturated rings. The molecule has 0 aliphatic rings. The Morgan fingerprint density at radius 1 is 0.776 bits per heavy atom. The molecule has 2 rings (SSSR count). The van der Waals surface area contributed by atoms with Crippen LogP contribution in [0.3, 0.4) is 0 Å². The molecule has 5 atom stereocenters. The molecule has 10 heteroatoms. The number of benzene rings is 1. The smallest absolute Gasteiger partial charge is 0.308 e. The minimum absolute atomic E-state index is 0.0222. The van der Waals surface area contributed by atoms with Crippen LogP contribution in [0.25, 0.3) is 10.9 Å². The number of hydrogen-bond donors (Lipinski definition) is 0. The summed E-state index contributed by atoms with van der Waals surface area (Å²) in [6.07, 6.45) is 6.99. The third-order valence-electron chi connectivity index (χ3n) is 14.1. The first kappa shape index (κ1) is 52.2. The summed E-state index contributed by atoms with van der Waals surface area (Å²) < 4.78 is 26.3. The van der Waals surface area contributed by atoms with E-state index >= 15 is 0 Å². The average Bonchev–Trinajstić information content (AvgIpc) is 3.09. The van der Waals surface area contributed by atoms with Crippen molar-refractivity contribution in [2.24, 2.45) is 17.3 Å². The number of Topliss-reactive ketones (excluding diaryl/α,β-unsaturated/α-hetero) is 1. The SMILES string of the molecule is COC(=O)C[C@H](O[Si](C)(C)C(C)(C)C)C(C)(C)C(=O)[C@H](C)[C@@H](O[Si](C)(C)C(C)(C)C)[C@@H](C)CCC/C(C)=C\C[C@H](O[Si](C)(C)C(C)(C)C)c1ccc2cccnc2c1. The van der Waals surface area contributed by atoms with E-state index in [0.29, 0.717) is 0 Å². The number of methoxy groups -OCH3 is 1. The van der Waals surface area contributed by atoms with E-state index in [4.69, 9.17) is 18.0 Å². The molecule has 2 aromatic rings. The summed E-state index contributed by atoms with van der Waals surface area (Å²) in [7, 11) is -5.28. The van der Waals surface area contributed by atoms with E-state index in [9.17, 15) is 9.59 Å². The van der Waals surface area contributed by atoms with Gasteiger partial charge < -0.3 is 18.0 Å². The molecule has 1 aromatic carbocycles. The molecule has 1 heterocycles. The number of esters is 1. The van der Waals surface area contributed by atoms with Crippen LogP contribution < -0.4 is 0 Å². The Bertz CT molecular complexity index is 1700. The first-order chi connectivity index (χ1) is 26.2. The van der Waals surface area contributed by atoms with Gasteiger partial charge >= 0.3 is 5.97 Å². The predicted octanol–water partition coefficient (Wildman–Crippen LogP) is 14.0. The second-order valence-corrected chi connectivity index (χ2v) is 36.6. The molecule has 0 N–H and O–H groups in total. The molecule has 1 aromatic heterocycles. The first-order valence-electron chi connectivity index (χ1n) is 21.8. The van der Waals surface area contributed by atoms with E-state index in [1.807, 2.05) is 33.0 Å². The molecule has 0 unspecified atom stereocenters. The Hall–Kier alpha value is -1.96. The quantitative estimate of drug-likeness (QED) is 0.0745. The Kier molecular flexibility index (Phi) is 17.8. The van der Waals surface area contributed by atoms with Crippen molar-refractivity contribution in [1.29, 1.82) is 0 Å². The summed E-state index contributed by atoms with van der Waals surface area (Å²) in [5.41, 5.74) is 2.56. The Morgan fingerprint density at radius 3 is 1.84 bits per heavy atom. The molecule has 7 nitrogen and oxygen atoms in total. The fourth-order valence-electron chi connectivity index (χ4n) is 6.68. The summed E-state index contributed by atoms with van der Waals surface area (Å²) in [6, 6.07) is 10.6. The van der Waals surface area contributed by atoms with Gasteiger partial charge in [0.25, 0.3) is 0 Å².